The van der Waals surface area contributed by atoms with Crippen LogP contribution in [-0.4, -0.2) is 17.2 Å². The van der Waals surface area contributed by atoms with E-state index in [0.29, 0.717) is 0 Å². The molecule has 0 aliphatic carbocycles. The summed E-state index contributed by atoms with van der Waals surface area (Å²) in [4.78, 5) is 4.29. The van der Waals surface area contributed by atoms with Crippen molar-refractivity contribution >= 4 is 10.9 Å². The van der Waals surface area contributed by atoms with Crippen molar-refractivity contribution in [1.82, 2.24) is 4.98 Å². The van der Waals surface area contributed by atoms with Crippen LogP contribution in [0.3, 0.4) is 0 Å². The van der Waals surface area contributed by atoms with Gasteiger partial charge in [-0.15, -0.1) is 0 Å². The first kappa shape index (κ1) is 13.6. The number of methoxy groups -OCH3 is 1. The summed E-state index contributed by atoms with van der Waals surface area (Å²) in [6.45, 7) is 1.97. The van der Waals surface area contributed by atoms with E-state index in [1.165, 1.54) is 0 Å². The lowest BCUT2D eigenvalue weighted by molar-refractivity contribution is 0.220. The largest absolute Gasteiger partial charge is 0.496 e. The third kappa shape index (κ3) is 2.60. The highest BCUT2D eigenvalue weighted by molar-refractivity contribution is 5.79. The summed E-state index contributed by atoms with van der Waals surface area (Å²) in [6.07, 6.45) is 1.12. The number of hydrogen-bond donors (Lipinski definition) is 1. The molecule has 0 amide bonds. The van der Waals surface area contributed by atoms with Crippen molar-refractivity contribution in [2.24, 2.45) is 0 Å². The minimum absolute atomic E-state index is 0.654. The molecular weight excluding hydrogens is 262 g/mol. The molecule has 2 aromatic carbocycles. The van der Waals surface area contributed by atoms with E-state index in [1.807, 2.05) is 55.5 Å². The van der Waals surface area contributed by atoms with Gasteiger partial charge in [0.1, 0.15) is 11.9 Å². The third-order valence-electron chi connectivity index (χ3n) is 3.68. The number of fused-ring (bicyclic) bond motifs is 1. The minimum atomic E-state index is -0.654. The number of aryl methyl sites for hydroxylation is 1. The van der Waals surface area contributed by atoms with Gasteiger partial charge in [0.15, 0.2) is 0 Å². The molecule has 106 valence electrons. The van der Waals surface area contributed by atoms with Crippen molar-refractivity contribution in [3.63, 3.8) is 0 Å². The quantitative estimate of drug-likeness (QED) is 0.796. The second-order valence-electron chi connectivity index (χ2n) is 5.09. The number of pyridine rings is 1. The lowest BCUT2D eigenvalue weighted by Gasteiger charge is -2.14. The van der Waals surface area contributed by atoms with Crippen molar-refractivity contribution in [2.45, 2.75) is 13.0 Å². The van der Waals surface area contributed by atoms with Crippen LogP contribution in [0.1, 0.15) is 22.8 Å². The maximum Gasteiger partial charge on any atom is 0.121 e. The Kier molecular flexibility index (Phi) is 3.59. The Morgan fingerprint density at radius 1 is 1.05 bits per heavy atom. The van der Waals surface area contributed by atoms with E-state index in [0.717, 1.165) is 33.3 Å². The van der Waals surface area contributed by atoms with Gasteiger partial charge in [-0.3, -0.25) is 4.98 Å². The van der Waals surface area contributed by atoms with Crippen LogP contribution in [0, 0.1) is 6.92 Å². The van der Waals surface area contributed by atoms with Crippen LogP contribution in [0.15, 0.2) is 54.7 Å². The zero-order valence-electron chi connectivity index (χ0n) is 12.1. The zero-order chi connectivity index (χ0) is 14.8. The highest BCUT2D eigenvalue weighted by atomic mass is 16.5. The smallest absolute Gasteiger partial charge is 0.121 e. The van der Waals surface area contributed by atoms with Gasteiger partial charge in [0.25, 0.3) is 0 Å². The Morgan fingerprint density at radius 2 is 1.81 bits per heavy atom. The van der Waals surface area contributed by atoms with Crippen molar-refractivity contribution in [3.05, 3.63) is 71.4 Å². The van der Waals surface area contributed by atoms with E-state index in [4.69, 9.17) is 4.74 Å². The zero-order valence-corrected chi connectivity index (χ0v) is 12.1. The van der Waals surface area contributed by atoms with E-state index in [2.05, 4.69) is 4.98 Å². The number of aliphatic hydroxyl groups excluding tert-OH is 1. The SMILES string of the molecule is COc1ccc(C(O)c2ccc3ncccc3c2)cc1C. The molecule has 3 heteroatoms. The molecular formula is C18H17NO2. The molecule has 3 nitrogen and oxygen atoms in total. The molecule has 1 unspecified atom stereocenters. The maximum atomic E-state index is 10.6. The van der Waals surface area contributed by atoms with Crippen molar-refractivity contribution in [2.75, 3.05) is 7.11 Å². The molecule has 1 aromatic heterocycles. The predicted octanol–water partition coefficient (Wildman–Crippen LogP) is 3.63. The van der Waals surface area contributed by atoms with Crippen molar-refractivity contribution in [3.8, 4) is 5.75 Å². The topological polar surface area (TPSA) is 42.4 Å². The molecule has 3 aromatic rings. The van der Waals surface area contributed by atoms with Crippen LogP contribution in [0.25, 0.3) is 10.9 Å². The molecule has 0 aliphatic heterocycles. The van der Waals surface area contributed by atoms with Crippen LogP contribution in [0.5, 0.6) is 5.75 Å². The van der Waals surface area contributed by atoms with Gasteiger partial charge in [-0.1, -0.05) is 18.2 Å². The number of aromatic nitrogens is 1. The Balaban J connectivity index is 1.99. The Hall–Kier alpha value is -2.39. The van der Waals surface area contributed by atoms with Crippen LogP contribution < -0.4 is 4.74 Å². The summed E-state index contributed by atoms with van der Waals surface area (Å²) >= 11 is 0. The summed E-state index contributed by atoms with van der Waals surface area (Å²) in [5.41, 5.74) is 3.66. The molecule has 0 aliphatic rings. The molecule has 0 bridgehead atoms. The standard InChI is InChI=1S/C18H17NO2/c1-12-10-14(6-8-17(12)21-2)18(20)15-5-7-16-13(11-15)4-3-9-19-16/h3-11,18,20H,1-2H3. The fraction of sp³-hybridized carbons (Fsp3) is 0.167. The summed E-state index contributed by atoms with van der Waals surface area (Å²) in [5, 5.41) is 11.6. The molecule has 0 radical (unpaired) electrons. The molecule has 0 saturated carbocycles. The Bertz CT molecular complexity index is 783. The summed E-state index contributed by atoms with van der Waals surface area (Å²) < 4.78 is 5.25. The van der Waals surface area contributed by atoms with Crippen molar-refractivity contribution in [1.29, 1.82) is 0 Å². The highest BCUT2D eigenvalue weighted by Crippen LogP contribution is 2.28. The van der Waals surface area contributed by atoms with E-state index in [9.17, 15) is 5.11 Å². The third-order valence-corrected chi connectivity index (χ3v) is 3.68. The fourth-order valence-electron chi connectivity index (χ4n) is 2.53. The average Bonchev–Trinajstić information content (AvgIpc) is 2.53. The number of ether oxygens (including phenoxy) is 1. The molecule has 0 saturated heterocycles. The minimum Gasteiger partial charge on any atom is -0.496 e. The van der Waals surface area contributed by atoms with Crippen LogP contribution in [0.2, 0.25) is 0 Å². The van der Waals surface area contributed by atoms with Gasteiger partial charge < -0.3 is 9.84 Å². The molecule has 1 N–H and O–H groups in total. The van der Waals surface area contributed by atoms with Gasteiger partial charge >= 0.3 is 0 Å². The number of aliphatic hydroxyl groups is 1. The summed E-state index contributed by atoms with van der Waals surface area (Å²) in [6, 6.07) is 15.5. The number of hydrogen-bond acceptors (Lipinski definition) is 3. The molecule has 0 fully saturated rings. The lowest BCUT2D eigenvalue weighted by Crippen LogP contribution is -2.01. The Morgan fingerprint density at radius 3 is 2.57 bits per heavy atom. The van der Waals surface area contributed by atoms with Crippen molar-refractivity contribution < 1.29 is 9.84 Å². The first-order valence-electron chi connectivity index (χ1n) is 6.86. The van der Waals surface area contributed by atoms with Gasteiger partial charge in [0.2, 0.25) is 0 Å². The first-order chi connectivity index (χ1) is 10.2. The molecule has 1 atom stereocenters. The van der Waals surface area contributed by atoms with Crippen LogP contribution in [0.4, 0.5) is 0 Å². The van der Waals surface area contributed by atoms with E-state index in [-0.39, 0.29) is 0 Å². The molecule has 1 heterocycles. The van der Waals surface area contributed by atoms with Gasteiger partial charge in [0, 0.05) is 11.6 Å². The van der Waals surface area contributed by atoms with Gasteiger partial charge in [-0.05, 0) is 53.9 Å². The molecule has 0 spiro atoms. The first-order valence-corrected chi connectivity index (χ1v) is 6.86. The van der Waals surface area contributed by atoms with Gasteiger partial charge in [-0.25, -0.2) is 0 Å². The summed E-state index contributed by atoms with van der Waals surface area (Å²) in [7, 11) is 1.65. The number of nitrogens with zero attached hydrogens (tertiary/aromatic N) is 1. The van der Waals surface area contributed by atoms with E-state index < -0.39 is 6.10 Å². The second-order valence-corrected chi connectivity index (χ2v) is 5.09. The predicted molar refractivity (Wildman–Crippen MR) is 83.5 cm³/mol. The highest BCUT2D eigenvalue weighted by Gasteiger charge is 2.12. The summed E-state index contributed by atoms with van der Waals surface area (Å²) in [5.74, 6) is 0.827. The monoisotopic (exact) mass is 279 g/mol. The van der Waals surface area contributed by atoms with Gasteiger partial charge in [0.05, 0.1) is 12.6 Å². The number of rotatable bonds is 3. The van der Waals surface area contributed by atoms with E-state index in [1.54, 1.807) is 13.3 Å². The van der Waals surface area contributed by atoms with E-state index >= 15 is 0 Å². The average molecular weight is 279 g/mol. The molecule has 3 rings (SSSR count). The molecule has 21 heavy (non-hydrogen) atoms. The second kappa shape index (κ2) is 5.54. The number of benzene rings is 2. The Labute approximate surface area is 123 Å². The fourth-order valence-corrected chi connectivity index (χ4v) is 2.53. The lowest BCUT2D eigenvalue weighted by atomic mass is 9.98. The van der Waals surface area contributed by atoms with Crippen LogP contribution >= 0.6 is 0 Å². The van der Waals surface area contributed by atoms with Crippen LogP contribution in [-0.2, 0) is 0 Å². The maximum absolute atomic E-state index is 10.6. The normalized spacial score (nSPS) is 12.3. The van der Waals surface area contributed by atoms with Gasteiger partial charge in [-0.2, -0.15) is 0 Å².